The first-order chi connectivity index (χ1) is 9.98. The summed E-state index contributed by atoms with van der Waals surface area (Å²) in [4.78, 5) is 0.163. The minimum Gasteiger partial charge on any atom is -0.398 e. The van der Waals surface area contributed by atoms with Crippen molar-refractivity contribution in [3.05, 3.63) is 58.1 Å². The molecule has 0 amide bonds. The molecular formula is C15H15BrN2O2S. The van der Waals surface area contributed by atoms with Crippen molar-refractivity contribution in [2.75, 3.05) is 12.3 Å². The fourth-order valence-corrected chi connectivity index (χ4v) is 4.62. The summed E-state index contributed by atoms with van der Waals surface area (Å²) in [7, 11) is -3.58. The first-order valence-corrected chi connectivity index (χ1v) is 8.84. The number of halogens is 1. The molecule has 2 aromatic rings. The van der Waals surface area contributed by atoms with Crippen LogP contribution in [0.2, 0.25) is 0 Å². The van der Waals surface area contributed by atoms with E-state index in [1.54, 1.807) is 18.2 Å². The van der Waals surface area contributed by atoms with Gasteiger partial charge in [0.2, 0.25) is 10.0 Å². The summed E-state index contributed by atoms with van der Waals surface area (Å²) in [5.74, 6) is 0. The normalized spacial score (nSPS) is 15.7. The van der Waals surface area contributed by atoms with E-state index in [1.807, 2.05) is 24.3 Å². The number of fused-ring (bicyclic) bond motifs is 1. The lowest BCUT2D eigenvalue weighted by Crippen LogP contribution is -2.36. The second-order valence-corrected chi connectivity index (χ2v) is 7.86. The molecule has 21 heavy (non-hydrogen) atoms. The third-order valence-electron chi connectivity index (χ3n) is 3.69. The quantitative estimate of drug-likeness (QED) is 0.831. The van der Waals surface area contributed by atoms with Crippen LogP contribution in [0.15, 0.2) is 51.8 Å². The first-order valence-electron chi connectivity index (χ1n) is 6.60. The molecule has 0 radical (unpaired) electrons. The monoisotopic (exact) mass is 366 g/mol. The summed E-state index contributed by atoms with van der Waals surface area (Å²) in [6, 6.07) is 12.8. The Balaban J connectivity index is 1.99. The Bertz CT molecular complexity index is 790. The van der Waals surface area contributed by atoms with Crippen LogP contribution in [0.4, 0.5) is 5.69 Å². The molecule has 0 unspecified atom stereocenters. The van der Waals surface area contributed by atoms with Crippen LogP contribution >= 0.6 is 15.9 Å². The Kier molecular flexibility index (Phi) is 3.77. The molecule has 0 fully saturated rings. The number of sulfonamides is 1. The van der Waals surface area contributed by atoms with E-state index >= 15 is 0 Å². The van der Waals surface area contributed by atoms with Crippen LogP contribution < -0.4 is 5.73 Å². The zero-order chi connectivity index (χ0) is 15.0. The van der Waals surface area contributed by atoms with Gasteiger partial charge in [0.1, 0.15) is 4.90 Å². The summed E-state index contributed by atoms with van der Waals surface area (Å²) in [6.07, 6.45) is 0.726. The average Bonchev–Trinajstić information content (AvgIpc) is 2.49. The highest BCUT2D eigenvalue weighted by molar-refractivity contribution is 9.10. The predicted octanol–water partition coefficient (Wildman–Crippen LogP) is 2.78. The molecule has 2 aromatic carbocycles. The lowest BCUT2D eigenvalue weighted by atomic mass is 10.0. The van der Waals surface area contributed by atoms with Crippen LogP contribution in [0, 0.1) is 0 Å². The largest absolute Gasteiger partial charge is 0.398 e. The molecule has 1 aliphatic rings. The van der Waals surface area contributed by atoms with Gasteiger partial charge in [-0.2, -0.15) is 4.31 Å². The molecule has 4 nitrogen and oxygen atoms in total. The van der Waals surface area contributed by atoms with Gasteiger partial charge in [-0.1, -0.05) is 40.2 Å². The van der Waals surface area contributed by atoms with Crippen molar-refractivity contribution in [2.45, 2.75) is 17.9 Å². The predicted molar refractivity (Wildman–Crippen MR) is 86.3 cm³/mol. The molecule has 0 spiro atoms. The van der Waals surface area contributed by atoms with Gasteiger partial charge >= 0.3 is 0 Å². The molecule has 3 rings (SSSR count). The van der Waals surface area contributed by atoms with Crippen molar-refractivity contribution in [2.24, 2.45) is 0 Å². The zero-order valence-electron chi connectivity index (χ0n) is 11.3. The van der Waals surface area contributed by atoms with Crippen molar-refractivity contribution in [1.29, 1.82) is 0 Å². The van der Waals surface area contributed by atoms with Crippen LogP contribution in [-0.4, -0.2) is 19.3 Å². The second-order valence-electron chi connectivity index (χ2n) is 5.04. The van der Waals surface area contributed by atoms with Gasteiger partial charge in [0.15, 0.2) is 0 Å². The molecule has 0 saturated carbocycles. The van der Waals surface area contributed by atoms with E-state index in [0.717, 1.165) is 12.0 Å². The minimum atomic E-state index is -3.58. The first kappa shape index (κ1) is 14.6. The smallest absolute Gasteiger partial charge is 0.245 e. The van der Waals surface area contributed by atoms with Crippen LogP contribution in [-0.2, 0) is 23.0 Å². The highest BCUT2D eigenvalue weighted by atomic mass is 79.9. The van der Waals surface area contributed by atoms with Crippen molar-refractivity contribution in [3.8, 4) is 0 Å². The highest BCUT2D eigenvalue weighted by Gasteiger charge is 2.29. The number of nitrogens with zero attached hydrogens (tertiary/aromatic N) is 1. The fourth-order valence-electron chi connectivity index (χ4n) is 2.55. The Labute approximate surface area is 132 Å². The SMILES string of the molecule is Nc1ccc(Br)cc1S(=O)(=O)N1CCc2ccccc2C1. The van der Waals surface area contributed by atoms with Gasteiger partial charge < -0.3 is 5.73 Å². The van der Waals surface area contributed by atoms with E-state index in [-0.39, 0.29) is 10.6 Å². The number of nitrogens with two attached hydrogens (primary N) is 1. The van der Waals surface area contributed by atoms with E-state index in [4.69, 9.17) is 5.73 Å². The van der Waals surface area contributed by atoms with Crippen molar-refractivity contribution in [3.63, 3.8) is 0 Å². The maximum atomic E-state index is 12.8. The van der Waals surface area contributed by atoms with Gasteiger partial charge in [0, 0.05) is 17.6 Å². The number of rotatable bonds is 2. The fraction of sp³-hybridized carbons (Fsp3) is 0.200. The molecule has 0 saturated heterocycles. The second kappa shape index (κ2) is 5.44. The van der Waals surface area contributed by atoms with Crippen molar-refractivity contribution in [1.82, 2.24) is 4.31 Å². The Hall–Kier alpha value is -1.37. The Morgan fingerprint density at radius 2 is 1.81 bits per heavy atom. The molecule has 0 aromatic heterocycles. The number of benzene rings is 2. The third-order valence-corrected chi connectivity index (χ3v) is 6.08. The van der Waals surface area contributed by atoms with Crippen LogP contribution in [0.25, 0.3) is 0 Å². The maximum Gasteiger partial charge on any atom is 0.245 e. The highest BCUT2D eigenvalue weighted by Crippen LogP contribution is 2.29. The topological polar surface area (TPSA) is 63.4 Å². The van der Waals surface area contributed by atoms with Gasteiger partial charge in [0.05, 0.1) is 5.69 Å². The molecule has 110 valence electrons. The molecule has 2 N–H and O–H groups in total. The number of anilines is 1. The molecular weight excluding hydrogens is 352 g/mol. The average molecular weight is 367 g/mol. The van der Waals surface area contributed by atoms with Gasteiger partial charge in [0.25, 0.3) is 0 Å². The minimum absolute atomic E-state index is 0.163. The van der Waals surface area contributed by atoms with E-state index in [1.165, 1.54) is 9.87 Å². The standard InChI is InChI=1S/C15H15BrN2O2S/c16-13-5-6-14(17)15(9-13)21(19,20)18-8-7-11-3-1-2-4-12(11)10-18/h1-6,9H,7-8,10,17H2. The van der Waals surface area contributed by atoms with Crippen LogP contribution in [0.3, 0.4) is 0 Å². The van der Waals surface area contributed by atoms with Crippen molar-refractivity contribution < 1.29 is 8.42 Å². The summed E-state index contributed by atoms with van der Waals surface area (Å²) in [5.41, 5.74) is 8.40. The summed E-state index contributed by atoms with van der Waals surface area (Å²) in [6.45, 7) is 0.871. The molecule has 6 heteroatoms. The summed E-state index contributed by atoms with van der Waals surface area (Å²) >= 11 is 3.30. The molecule has 0 aliphatic carbocycles. The molecule has 1 heterocycles. The van der Waals surface area contributed by atoms with Gasteiger partial charge in [-0.15, -0.1) is 0 Å². The van der Waals surface area contributed by atoms with Gasteiger partial charge in [-0.05, 0) is 35.7 Å². The van der Waals surface area contributed by atoms with E-state index in [2.05, 4.69) is 15.9 Å². The molecule has 0 bridgehead atoms. The van der Waals surface area contributed by atoms with Gasteiger partial charge in [-0.25, -0.2) is 8.42 Å². The van der Waals surface area contributed by atoms with Crippen molar-refractivity contribution >= 4 is 31.6 Å². The van der Waals surface area contributed by atoms with E-state index in [0.29, 0.717) is 17.6 Å². The lowest BCUT2D eigenvalue weighted by Gasteiger charge is -2.28. The number of hydrogen-bond donors (Lipinski definition) is 1. The van der Waals surface area contributed by atoms with Gasteiger partial charge in [-0.3, -0.25) is 0 Å². The third kappa shape index (κ3) is 2.71. The maximum absolute atomic E-state index is 12.8. The Morgan fingerprint density at radius 1 is 1.10 bits per heavy atom. The van der Waals surface area contributed by atoms with E-state index < -0.39 is 10.0 Å². The molecule has 1 aliphatic heterocycles. The summed E-state index contributed by atoms with van der Waals surface area (Å²) in [5, 5.41) is 0. The summed E-state index contributed by atoms with van der Waals surface area (Å²) < 4.78 is 27.8. The number of nitrogen functional groups attached to an aromatic ring is 1. The lowest BCUT2D eigenvalue weighted by molar-refractivity contribution is 0.391. The molecule has 0 atom stereocenters. The Morgan fingerprint density at radius 3 is 2.57 bits per heavy atom. The van der Waals surface area contributed by atoms with Crippen LogP contribution in [0.1, 0.15) is 11.1 Å². The zero-order valence-corrected chi connectivity index (χ0v) is 13.7. The number of hydrogen-bond acceptors (Lipinski definition) is 3. The van der Waals surface area contributed by atoms with Crippen LogP contribution in [0.5, 0.6) is 0 Å². The van der Waals surface area contributed by atoms with E-state index in [9.17, 15) is 8.42 Å².